The minimum Gasteiger partial charge on any atom is -0.790 e. The summed E-state index contributed by atoms with van der Waals surface area (Å²) in [4.78, 5) is 58.3. The summed E-state index contributed by atoms with van der Waals surface area (Å²) < 4.78 is 40.0. The maximum Gasteiger partial charge on any atom is 6.00 e. The zero-order valence-electron chi connectivity index (χ0n) is 15.3. The zero-order valence-corrected chi connectivity index (χ0v) is 20.0. The van der Waals surface area contributed by atoms with Crippen molar-refractivity contribution in [2.75, 3.05) is 39.6 Å². The first-order valence-corrected chi connectivity index (χ1v) is 11.6. The number of phosphoric acid groups is 3. The summed E-state index contributed by atoms with van der Waals surface area (Å²) in [5.74, 6) is 0. The molecule has 0 bridgehead atoms. The average molecular weight is 606 g/mol. The summed E-state index contributed by atoms with van der Waals surface area (Å²) in [6.45, 7) is -4.00. The van der Waals surface area contributed by atoms with E-state index in [9.17, 15) is 43.1 Å². The van der Waals surface area contributed by atoms with Crippen LogP contribution in [-0.2, 0) is 48.3 Å². The van der Waals surface area contributed by atoms with Crippen LogP contribution in [0.25, 0.3) is 0 Å². The Morgan fingerprint density at radius 3 is 0.806 bits per heavy atom. The molecule has 0 aromatic heterocycles. The van der Waals surface area contributed by atoms with Crippen LogP contribution in [-0.4, -0.2) is 88.6 Å². The van der Waals surface area contributed by atoms with Crippen molar-refractivity contribution in [3.05, 3.63) is 0 Å². The third-order valence-corrected chi connectivity index (χ3v) is 3.30. The molecule has 0 spiro atoms. The molecule has 0 saturated heterocycles. The van der Waals surface area contributed by atoms with E-state index < -0.39 is 81.4 Å². The van der Waals surface area contributed by atoms with Crippen LogP contribution in [0.1, 0.15) is 0 Å². The van der Waals surface area contributed by atoms with E-state index in [1.807, 2.05) is 0 Å². The van der Waals surface area contributed by atoms with Crippen LogP contribution >= 0.6 is 23.5 Å². The van der Waals surface area contributed by atoms with Gasteiger partial charge < -0.3 is 87.3 Å². The van der Waals surface area contributed by atoms with Crippen LogP contribution in [0.15, 0.2) is 0 Å². The molecule has 0 aliphatic heterocycles. The Hall–Kier alpha value is 0.778. The molecule has 0 aromatic carbocycles. The Morgan fingerprint density at radius 1 is 0.548 bits per heavy atom. The molecule has 6 N–H and O–H groups in total. The normalized spacial score (nSPS) is 14.7. The van der Waals surface area contributed by atoms with Gasteiger partial charge in [0.25, 0.3) is 0 Å². The third kappa shape index (κ3) is 41.5. The molecule has 0 aliphatic carbocycles. The minimum absolute atomic E-state index is 0. The molecule has 0 amide bonds. The third-order valence-electron chi connectivity index (χ3n) is 1.91. The average Bonchev–Trinajstić information content (AvgIpc) is 2.61. The van der Waals surface area contributed by atoms with Gasteiger partial charge in [0.05, 0.1) is 63.1 Å². The van der Waals surface area contributed by atoms with Crippen LogP contribution in [0.4, 0.5) is 0 Å². The molecular formula is C9H21MoO18P3. The number of aliphatic hydroxyl groups excluding tert-OH is 6. The van der Waals surface area contributed by atoms with Gasteiger partial charge in [-0.2, -0.15) is 0 Å². The van der Waals surface area contributed by atoms with Gasteiger partial charge in [0.2, 0.25) is 0 Å². The zero-order chi connectivity index (χ0) is 24.6. The first-order chi connectivity index (χ1) is 13.4. The number of hydrogen-bond donors (Lipinski definition) is 6. The van der Waals surface area contributed by atoms with Gasteiger partial charge in [0.1, 0.15) is 18.3 Å². The van der Waals surface area contributed by atoms with Crippen LogP contribution in [0.5, 0.6) is 0 Å². The van der Waals surface area contributed by atoms with Crippen molar-refractivity contribution in [1.82, 2.24) is 0 Å². The van der Waals surface area contributed by atoms with Crippen molar-refractivity contribution in [3.8, 4) is 0 Å². The van der Waals surface area contributed by atoms with Gasteiger partial charge in [-0.25, -0.2) is 0 Å². The van der Waals surface area contributed by atoms with E-state index in [0.29, 0.717) is 0 Å². The maximum absolute atomic E-state index is 9.71. The molecule has 22 heteroatoms. The fraction of sp³-hybridized carbons (Fsp3) is 1.00. The molecule has 0 rings (SSSR count). The summed E-state index contributed by atoms with van der Waals surface area (Å²) in [6, 6.07) is 0. The number of hydrogen-bond acceptors (Lipinski definition) is 18. The van der Waals surface area contributed by atoms with Gasteiger partial charge in [-0.3, -0.25) is 0 Å². The summed E-state index contributed by atoms with van der Waals surface area (Å²) in [7, 11) is -15.0. The van der Waals surface area contributed by atoms with Gasteiger partial charge >= 0.3 is 21.1 Å². The Bertz CT molecular complexity index is 469. The van der Waals surface area contributed by atoms with Crippen molar-refractivity contribution in [1.29, 1.82) is 0 Å². The number of aliphatic hydroxyl groups is 6. The van der Waals surface area contributed by atoms with Crippen molar-refractivity contribution in [2.24, 2.45) is 0 Å². The first kappa shape index (κ1) is 39.0. The fourth-order valence-corrected chi connectivity index (χ4v) is 1.75. The molecule has 0 aromatic rings. The second-order valence-electron chi connectivity index (χ2n) is 4.74. The van der Waals surface area contributed by atoms with Crippen molar-refractivity contribution in [2.45, 2.75) is 18.3 Å². The van der Waals surface area contributed by atoms with E-state index in [-0.39, 0.29) is 21.1 Å². The summed E-state index contributed by atoms with van der Waals surface area (Å²) in [5, 5.41) is 49.7. The predicted molar refractivity (Wildman–Crippen MR) is 80.0 cm³/mol. The summed E-state index contributed by atoms with van der Waals surface area (Å²) in [6.07, 6.45) is -3.97. The molecule has 0 heterocycles. The largest absolute Gasteiger partial charge is 6.00 e. The van der Waals surface area contributed by atoms with E-state index in [4.69, 9.17) is 30.6 Å². The molecule has 18 nitrogen and oxygen atoms in total. The van der Waals surface area contributed by atoms with Crippen LogP contribution in [0, 0.1) is 0 Å². The van der Waals surface area contributed by atoms with E-state index in [0.717, 1.165) is 0 Å². The van der Waals surface area contributed by atoms with E-state index in [2.05, 4.69) is 13.6 Å². The molecule has 3 atom stereocenters. The smallest absolute Gasteiger partial charge is 0.790 e. The Balaban J connectivity index is -0.000000174. The number of rotatable bonds is 12. The van der Waals surface area contributed by atoms with E-state index in [1.165, 1.54) is 0 Å². The van der Waals surface area contributed by atoms with Crippen molar-refractivity contribution < 1.29 is 108 Å². The Morgan fingerprint density at radius 2 is 0.710 bits per heavy atom. The van der Waals surface area contributed by atoms with Gasteiger partial charge in [-0.1, -0.05) is 0 Å². The second-order valence-corrected chi connectivity index (χ2v) is 8.20. The molecule has 3 unspecified atom stereocenters. The molecule has 0 aliphatic rings. The number of phosphoric ester groups is 3. The quantitative estimate of drug-likeness (QED) is 0.0887. The topological polar surface area (TPSA) is 339 Å². The minimum atomic E-state index is -5.00. The predicted octanol–water partition coefficient (Wildman–Crippen LogP) is -8.45. The Labute approximate surface area is 190 Å². The van der Waals surface area contributed by atoms with E-state index >= 15 is 0 Å². The standard InChI is InChI=1S/3C3H9O6P.Mo/c3*4-1-3(5)2-9-10(6,7)8;/h3*3-5H,1-2H2,(H2,6,7,8);/q;;;+6/p-6. The molecule has 0 radical (unpaired) electrons. The molecular weight excluding hydrogens is 585 g/mol. The van der Waals surface area contributed by atoms with Gasteiger partial charge in [-0.15, -0.1) is 0 Å². The van der Waals surface area contributed by atoms with Crippen LogP contribution in [0.3, 0.4) is 0 Å². The van der Waals surface area contributed by atoms with Crippen LogP contribution < -0.4 is 29.4 Å². The van der Waals surface area contributed by atoms with Gasteiger partial charge in [0, 0.05) is 0 Å². The molecule has 186 valence electrons. The van der Waals surface area contributed by atoms with E-state index in [1.54, 1.807) is 0 Å². The fourth-order valence-electron chi connectivity index (χ4n) is 0.690. The molecule has 31 heavy (non-hydrogen) atoms. The molecule has 0 fully saturated rings. The van der Waals surface area contributed by atoms with Crippen molar-refractivity contribution >= 4 is 23.5 Å². The SMILES string of the molecule is O=P([O-])([O-])OCC(O)CO.O=P([O-])([O-])OCC(O)CO.O=P([O-])([O-])OCC(O)CO.[Mo+6]. The first-order valence-electron chi connectivity index (χ1n) is 7.23. The Kier molecular flexibility index (Phi) is 25.4. The monoisotopic (exact) mass is 608 g/mol. The van der Waals surface area contributed by atoms with Crippen LogP contribution in [0.2, 0.25) is 0 Å². The second kappa shape index (κ2) is 20.2. The van der Waals surface area contributed by atoms with Gasteiger partial charge in [-0.05, 0) is 0 Å². The molecule has 0 saturated carbocycles. The summed E-state index contributed by atoms with van der Waals surface area (Å²) in [5.41, 5.74) is 0. The van der Waals surface area contributed by atoms with Crippen molar-refractivity contribution in [3.63, 3.8) is 0 Å². The summed E-state index contributed by atoms with van der Waals surface area (Å²) >= 11 is 0. The van der Waals surface area contributed by atoms with Gasteiger partial charge in [0.15, 0.2) is 0 Å². The maximum atomic E-state index is 9.71.